The van der Waals surface area contributed by atoms with E-state index in [1.807, 2.05) is 17.0 Å². The molecule has 0 spiro atoms. The van der Waals surface area contributed by atoms with E-state index < -0.39 is 12.4 Å². The van der Waals surface area contributed by atoms with Gasteiger partial charge in [-0.25, -0.2) is 4.39 Å². The molecule has 1 fully saturated rings. The average molecular weight is 486 g/mol. The van der Waals surface area contributed by atoms with Crippen LogP contribution in [0.3, 0.4) is 0 Å². The highest BCUT2D eigenvalue weighted by atomic mass is 19.4. The van der Waals surface area contributed by atoms with Crippen molar-refractivity contribution >= 4 is 11.6 Å². The molecule has 2 unspecified atom stereocenters. The molecule has 0 N–H and O–H groups in total. The van der Waals surface area contributed by atoms with Gasteiger partial charge in [0.2, 0.25) is 5.91 Å². The lowest BCUT2D eigenvalue weighted by Gasteiger charge is -2.32. The summed E-state index contributed by atoms with van der Waals surface area (Å²) >= 11 is 0. The second-order valence-corrected chi connectivity index (χ2v) is 8.63. The van der Waals surface area contributed by atoms with Gasteiger partial charge in [-0.1, -0.05) is 36.4 Å². The fraction of sp³-hybridized carbons (Fsp3) is 0.269. The van der Waals surface area contributed by atoms with Crippen LogP contribution in [0.2, 0.25) is 0 Å². The molecule has 2 aliphatic rings. The monoisotopic (exact) mass is 486 g/mol. The Bertz CT molecular complexity index is 1200. The van der Waals surface area contributed by atoms with Crippen molar-refractivity contribution in [1.29, 1.82) is 0 Å². The first-order chi connectivity index (χ1) is 16.7. The van der Waals surface area contributed by atoms with Crippen molar-refractivity contribution in [2.45, 2.75) is 38.0 Å². The third-order valence-electron chi connectivity index (χ3n) is 6.16. The SMILES string of the molecule is O=C1C2CC(CN2Cc2ccc(F)cc2)Oc2ccccc2N1Cc1ccc(OC(F)(F)F)cc1. The van der Waals surface area contributed by atoms with E-state index in [0.29, 0.717) is 36.5 Å². The van der Waals surface area contributed by atoms with Crippen LogP contribution in [-0.2, 0) is 17.9 Å². The van der Waals surface area contributed by atoms with Crippen molar-refractivity contribution in [2.24, 2.45) is 0 Å². The quantitative estimate of drug-likeness (QED) is 0.460. The molecule has 0 aromatic heterocycles. The number of benzene rings is 3. The number of hydrogen-bond donors (Lipinski definition) is 0. The van der Waals surface area contributed by atoms with Gasteiger partial charge in [0.15, 0.2) is 0 Å². The van der Waals surface area contributed by atoms with E-state index in [4.69, 9.17) is 4.74 Å². The van der Waals surface area contributed by atoms with E-state index >= 15 is 0 Å². The van der Waals surface area contributed by atoms with E-state index in [0.717, 1.165) is 5.56 Å². The maximum Gasteiger partial charge on any atom is 0.573 e. The zero-order valence-electron chi connectivity index (χ0n) is 18.5. The van der Waals surface area contributed by atoms with Gasteiger partial charge in [-0.05, 0) is 47.5 Å². The van der Waals surface area contributed by atoms with Gasteiger partial charge in [0.1, 0.15) is 23.4 Å². The lowest BCUT2D eigenvalue weighted by Crippen LogP contribution is -2.45. The Kier molecular flexibility index (Phi) is 6.10. The van der Waals surface area contributed by atoms with Gasteiger partial charge >= 0.3 is 6.36 Å². The van der Waals surface area contributed by atoms with Crippen molar-refractivity contribution in [2.75, 3.05) is 11.4 Å². The first-order valence-corrected chi connectivity index (χ1v) is 11.2. The number of nitrogens with zero attached hydrogens (tertiary/aromatic N) is 2. The Hall–Kier alpha value is -3.59. The van der Waals surface area contributed by atoms with Gasteiger partial charge in [-0.2, -0.15) is 0 Å². The molecule has 5 nitrogen and oxygen atoms in total. The molecule has 2 atom stereocenters. The predicted molar refractivity (Wildman–Crippen MR) is 120 cm³/mol. The number of para-hydroxylation sites is 2. The summed E-state index contributed by atoms with van der Waals surface area (Å²) in [7, 11) is 0. The minimum Gasteiger partial charge on any atom is -0.487 e. The molecule has 0 saturated carbocycles. The summed E-state index contributed by atoms with van der Waals surface area (Å²) in [5, 5.41) is 0. The lowest BCUT2D eigenvalue weighted by atomic mass is 10.1. The Morgan fingerprint density at radius 1 is 0.914 bits per heavy atom. The molecule has 0 aliphatic carbocycles. The zero-order chi connectivity index (χ0) is 24.6. The van der Waals surface area contributed by atoms with Gasteiger partial charge < -0.3 is 14.4 Å². The van der Waals surface area contributed by atoms with Crippen LogP contribution in [0.15, 0.2) is 72.8 Å². The second-order valence-electron chi connectivity index (χ2n) is 8.63. The Morgan fingerprint density at radius 3 is 2.29 bits per heavy atom. The molecule has 2 bridgehead atoms. The van der Waals surface area contributed by atoms with Gasteiger partial charge in [-0.15, -0.1) is 13.2 Å². The molecule has 3 aromatic carbocycles. The topological polar surface area (TPSA) is 42.0 Å². The van der Waals surface area contributed by atoms with Crippen molar-refractivity contribution < 1.29 is 31.8 Å². The predicted octanol–water partition coefficient (Wildman–Crippen LogP) is 5.29. The summed E-state index contributed by atoms with van der Waals surface area (Å²) in [6, 6.07) is 18.4. The summed E-state index contributed by atoms with van der Waals surface area (Å²) in [5.41, 5.74) is 2.13. The third-order valence-corrected chi connectivity index (χ3v) is 6.16. The Morgan fingerprint density at radius 2 is 1.57 bits per heavy atom. The van der Waals surface area contributed by atoms with Gasteiger partial charge in [-0.3, -0.25) is 9.69 Å². The number of anilines is 1. The maximum atomic E-state index is 13.8. The molecule has 182 valence electrons. The average Bonchev–Trinajstić information content (AvgIpc) is 3.22. The Balaban J connectivity index is 1.42. The third kappa shape index (κ3) is 5.24. The molecule has 2 aliphatic heterocycles. The van der Waals surface area contributed by atoms with Gasteiger partial charge in [0, 0.05) is 19.5 Å². The van der Waals surface area contributed by atoms with E-state index in [1.54, 1.807) is 29.2 Å². The number of amides is 1. The van der Waals surface area contributed by atoms with E-state index in [-0.39, 0.29) is 30.1 Å². The molecule has 9 heteroatoms. The number of alkyl halides is 3. The standard InChI is InChI=1S/C26H22F4N2O3/c27-19-9-5-17(6-10-19)14-31-16-21-13-23(31)25(33)32(22-3-1-2-4-24(22)34-21)15-18-7-11-20(12-8-18)35-26(28,29)30/h1-12,21,23H,13-16H2. The largest absolute Gasteiger partial charge is 0.573 e. The first-order valence-electron chi connectivity index (χ1n) is 11.2. The highest BCUT2D eigenvalue weighted by Gasteiger charge is 2.42. The number of carbonyl (C=O) groups is 1. The summed E-state index contributed by atoms with van der Waals surface area (Å²) in [6.07, 6.45) is -4.45. The molecule has 0 radical (unpaired) electrons. The number of ether oxygens (including phenoxy) is 2. The molecule has 1 saturated heterocycles. The normalized spacial score (nSPS) is 20.1. The van der Waals surface area contributed by atoms with Crippen LogP contribution >= 0.6 is 0 Å². The van der Waals surface area contributed by atoms with Gasteiger partial charge in [0.25, 0.3) is 0 Å². The molecule has 1 amide bonds. The fourth-order valence-electron chi connectivity index (χ4n) is 4.60. The Labute approximate surface area is 199 Å². The van der Waals surface area contributed by atoms with Crippen LogP contribution in [0.5, 0.6) is 11.5 Å². The van der Waals surface area contributed by atoms with Crippen LogP contribution < -0.4 is 14.4 Å². The molecular weight excluding hydrogens is 464 g/mol. The van der Waals surface area contributed by atoms with Crippen molar-refractivity contribution in [3.05, 3.63) is 89.7 Å². The summed E-state index contributed by atoms with van der Waals surface area (Å²) < 4.78 is 61.1. The number of likely N-dealkylation sites (tertiary alicyclic amines) is 1. The number of fused-ring (bicyclic) bond motifs is 3. The first kappa shape index (κ1) is 23.2. The number of halogens is 4. The highest BCUT2D eigenvalue weighted by molar-refractivity contribution is 5.99. The van der Waals surface area contributed by atoms with Crippen LogP contribution in [0.4, 0.5) is 23.2 Å². The number of hydrogen-bond acceptors (Lipinski definition) is 4. The van der Waals surface area contributed by atoms with Crippen LogP contribution in [0, 0.1) is 5.82 Å². The molecule has 5 rings (SSSR count). The molecule has 3 aromatic rings. The minimum absolute atomic E-state index is 0.124. The smallest absolute Gasteiger partial charge is 0.487 e. The van der Waals surface area contributed by atoms with Crippen LogP contribution in [0.1, 0.15) is 17.5 Å². The van der Waals surface area contributed by atoms with E-state index in [2.05, 4.69) is 4.74 Å². The molecule has 2 heterocycles. The summed E-state index contributed by atoms with van der Waals surface area (Å²) in [6.45, 7) is 1.15. The summed E-state index contributed by atoms with van der Waals surface area (Å²) in [4.78, 5) is 17.5. The maximum absolute atomic E-state index is 13.8. The molecule has 35 heavy (non-hydrogen) atoms. The zero-order valence-corrected chi connectivity index (χ0v) is 18.5. The van der Waals surface area contributed by atoms with Crippen LogP contribution in [-0.4, -0.2) is 35.9 Å². The van der Waals surface area contributed by atoms with E-state index in [9.17, 15) is 22.4 Å². The van der Waals surface area contributed by atoms with E-state index in [1.165, 1.54) is 36.4 Å². The van der Waals surface area contributed by atoms with Crippen molar-refractivity contribution in [1.82, 2.24) is 4.90 Å². The summed E-state index contributed by atoms with van der Waals surface area (Å²) in [5.74, 6) is -0.200. The highest BCUT2D eigenvalue weighted by Crippen LogP contribution is 2.37. The van der Waals surface area contributed by atoms with Crippen molar-refractivity contribution in [3.8, 4) is 11.5 Å². The number of rotatable bonds is 5. The number of carbonyl (C=O) groups excluding carboxylic acids is 1. The lowest BCUT2D eigenvalue weighted by molar-refractivity contribution is -0.274. The molecular formula is C26H22F4N2O3. The minimum atomic E-state index is -4.77. The fourth-order valence-corrected chi connectivity index (χ4v) is 4.60. The second kappa shape index (κ2) is 9.22. The van der Waals surface area contributed by atoms with Gasteiger partial charge in [0.05, 0.1) is 18.3 Å². The van der Waals surface area contributed by atoms with Crippen LogP contribution in [0.25, 0.3) is 0 Å². The van der Waals surface area contributed by atoms with Crippen molar-refractivity contribution in [3.63, 3.8) is 0 Å².